The van der Waals surface area contributed by atoms with Crippen LogP contribution in [0.4, 0.5) is 5.69 Å². The molecule has 3 rings (SSSR count). The Kier molecular flexibility index (Phi) is 7.18. The maximum atomic E-state index is 12.9. The maximum Gasteiger partial charge on any atom is 0.262 e. The van der Waals surface area contributed by atoms with Crippen LogP contribution in [0.3, 0.4) is 0 Å². The van der Waals surface area contributed by atoms with Gasteiger partial charge in [0.05, 0.1) is 4.90 Å². The molecule has 3 aromatic carbocycles. The molecule has 0 radical (unpaired) electrons. The number of amides is 1. The number of aryl methyl sites for hydroxylation is 2. The molecule has 0 aromatic heterocycles. The highest BCUT2D eigenvalue weighted by molar-refractivity contribution is 7.99. The van der Waals surface area contributed by atoms with Gasteiger partial charge in [0.2, 0.25) is 0 Å². The predicted molar refractivity (Wildman–Crippen MR) is 123 cm³/mol. The Morgan fingerprint density at radius 3 is 2.33 bits per heavy atom. The number of benzene rings is 3. The van der Waals surface area contributed by atoms with Crippen molar-refractivity contribution < 1.29 is 13.2 Å². The highest BCUT2D eigenvalue weighted by Crippen LogP contribution is 2.21. The average molecular weight is 441 g/mol. The van der Waals surface area contributed by atoms with Gasteiger partial charge in [0.15, 0.2) is 0 Å². The number of sulfonamides is 1. The van der Waals surface area contributed by atoms with Gasteiger partial charge in [-0.05, 0) is 55.8 Å². The van der Waals surface area contributed by atoms with E-state index in [9.17, 15) is 13.2 Å². The van der Waals surface area contributed by atoms with E-state index in [0.717, 1.165) is 16.2 Å². The molecule has 30 heavy (non-hydrogen) atoms. The zero-order valence-corrected chi connectivity index (χ0v) is 18.5. The van der Waals surface area contributed by atoms with Gasteiger partial charge in [-0.2, -0.15) is 0 Å². The lowest BCUT2D eigenvalue weighted by Crippen LogP contribution is -2.26. The van der Waals surface area contributed by atoms with Crippen LogP contribution in [0.15, 0.2) is 82.6 Å². The van der Waals surface area contributed by atoms with Crippen molar-refractivity contribution in [3.05, 3.63) is 89.5 Å². The van der Waals surface area contributed by atoms with Gasteiger partial charge >= 0.3 is 0 Å². The van der Waals surface area contributed by atoms with Crippen LogP contribution in [0.2, 0.25) is 0 Å². The van der Waals surface area contributed by atoms with Crippen LogP contribution in [0.5, 0.6) is 0 Å². The largest absolute Gasteiger partial charge is 0.351 e. The molecule has 0 saturated heterocycles. The SMILES string of the molecule is Cc1ccc(NS(=O)(=O)c2cc(C(=O)NCCSc3ccccc3)ccc2C)cc1. The van der Waals surface area contributed by atoms with Gasteiger partial charge in [0.1, 0.15) is 0 Å². The Morgan fingerprint density at radius 2 is 1.63 bits per heavy atom. The van der Waals surface area contributed by atoms with E-state index in [1.54, 1.807) is 43.0 Å². The summed E-state index contributed by atoms with van der Waals surface area (Å²) in [5.74, 6) is 0.428. The van der Waals surface area contributed by atoms with Crippen molar-refractivity contribution in [1.29, 1.82) is 0 Å². The number of hydrogen-bond donors (Lipinski definition) is 2. The average Bonchev–Trinajstić information content (AvgIpc) is 2.73. The number of thioether (sulfide) groups is 1. The molecule has 0 unspecified atom stereocenters. The highest BCUT2D eigenvalue weighted by Gasteiger charge is 2.19. The van der Waals surface area contributed by atoms with Gasteiger partial charge in [0.25, 0.3) is 15.9 Å². The van der Waals surface area contributed by atoms with Crippen molar-refractivity contribution in [3.63, 3.8) is 0 Å². The second-order valence-electron chi connectivity index (χ2n) is 6.87. The zero-order valence-electron chi connectivity index (χ0n) is 16.9. The summed E-state index contributed by atoms with van der Waals surface area (Å²) in [4.78, 5) is 13.7. The van der Waals surface area contributed by atoms with Crippen LogP contribution in [-0.4, -0.2) is 26.6 Å². The van der Waals surface area contributed by atoms with Gasteiger partial charge in [-0.1, -0.05) is 42.0 Å². The summed E-state index contributed by atoms with van der Waals surface area (Å²) in [6, 6.07) is 21.7. The van der Waals surface area contributed by atoms with Gasteiger partial charge in [-0.25, -0.2) is 8.42 Å². The van der Waals surface area contributed by atoms with E-state index in [2.05, 4.69) is 10.0 Å². The Morgan fingerprint density at radius 1 is 0.933 bits per heavy atom. The first-order chi connectivity index (χ1) is 14.3. The smallest absolute Gasteiger partial charge is 0.262 e. The summed E-state index contributed by atoms with van der Waals surface area (Å²) in [5.41, 5.74) is 2.41. The van der Waals surface area contributed by atoms with E-state index in [-0.39, 0.29) is 10.8 Å². The topological polar surface area (TPSA) is 75.3 Å². The molecule has 0 bridgehead atoms. The number of anilines is 1. The summed E-state index contributed by atoms with van der Waals surface area (Å²) >= 11 is 1.65. The zero-order chi connectivity index (χ0) is 21.6. The molecule has 2 N–H and O–H groups in total. The van der Waals surface area contributed by atoms with Crippen LogP contribution in [0.1, 0.15) is 21.5 Å². The first-order valence-corrected chi connectivity index (χ1v) is 12.0. The molecule has 1 amide bonds. The summed E-state index contributed by atoms with van der Waals surface area (Å²) < 4.78 is 28.3. The van der Waals surface area contributed by atoms with E-state index in [4.69, 9.17) is 0 Å². The fourth-order valence-corrected chi connectivity index (χ4v) is 4.93. The highest BCUT2D eigenvalue weighted by atomic mass is 32.2. The minimum Gasteiger partial charge on any atom is -0.351 e. The molecule has 0 heterocycles. The van der Waals surface area contributed by atoms with E-state index in [0.29, 0.717) is 23.4 Å². The number of carbonyl (C=O) groups is 1. The second-order valence-corrected chi connectivity index (χ2v) is 9.69. The standard InChI is InChI=1S/C23H24N2O3S2/c1-17-8-12-20(13-9-17)25-30(27,28)22-16-19(11-10-18(22)2)23(26)24-14-15-29-21-6-4-3-5-7-21/h3-13,16,25H,14-15H2,1-2H3,(H,24,26). The van der Waals surface area contributed by atoms with Crippen molar-refractivity contribution in [2.75, 3.05) is 17.0 Å². The first kappa shape index (κ1) is 21.9. The molecular formula is C23H24N2O3S2. The predicted octanol–water partition coefficient (Wildman–Crippen LogP) is 4.63. The van der Waals surface area contributed by atoms with Crippen LogP contribution in [-0.2, 0) is 10.0 Å². The summed E-state index contributed by atoms with van der Waals surface area (Å²) in [6.07, 6.45) is 0. The molecule has 0 saturated carbocycles. The molecule has 0 aliphatic heterocycles. The number of hydrogen-bond acceptors (Lipinski definition) is 4. The van der Waals surface area contributed by atoms with Gasteiger partial charge in [0, 0.05) is 28.4 Å². The number of rotatable bonds is 8. The third kappa shape index (κ3) is 5.87. The monoisotopic (exact) mass is 440 g/mol. The third-order valence-electron chi connectivity index (χ3n) is 4.44. The van der Waals surface area contributed by atoms with Gasteiger partial charge < -0.3 is 5.32 Å². The molecule has 0 atom stereocenters. The fourth-order valence-electron chi connectivity index (χ4n) is 2.81. The Hall–Kier alpha value is -2.77. The molecule has 0 fully saturated rings. The van der Waals surface area contributed by atoms with E-state index < -0.39 is 10.0 Å². The quantitative estimate of drug-likeness (QED) is 0.396. The van der Waals surface area contributed by atoms with Crippen LogP contribution < -0.4 is 10.0 Å². The Balaban J connectivity index is 1.66. The van der Waals surface area contributed by atoms with Crippen molar-refractivity contribution in [2.24, 2.45) is 0 Å². The van der Waals surface area contributed by atoms with Crippen molar-refractivity contribution in [1.82, 2.24) is 5.32 Å². The lowest BCUT2D eigenvalue weighted by molar-refractivity contribution is 0.0956. The third-order valence-corrected chi connectivity index (χ3v) is 6.98. The summed E-state index contributed by atoms with van der Waals surface area (Å²) in [7, 11) is -3.81. The van der Waals surface area contributed by atoms with Crippen LogP contribution >= 0.6 is 11.8 Å². The molecule has 0 aliphatic carbocycles. The van der Waals surface area contributed by atoms with E-state index in [1.807, 2.05) is 49.4 Å². The lowest BCUT2D eigenvalue weighted by Gasteiger charge is -2.12. The van der Waals surface area contributed by atoms with Crippen LogP contribution in [0.25, 0.3) is 0 Å². The fraction of sp³-hybridized carbons (Fsp3) is 0.174. The molecule has 7 heteroatoms. The maximum absolute atomic E-state index is 12.9. The molecule has 3 aromatic rings. The van der Waals surface area contributed by atoms with E-state index in [1.165, 1.54) is 6.07 Å². The molecule has 5 nitrogen and oxygen atoms in total. The molecule has 0 aliphatic rings. The minimum absolute atomic E-state index is 0.0920. The molecule has 0 spiro atoms. The van der Waals surface area contributed by atoms with Crippen molar-refractivity contribution in [3.8, 4) is 0 Å². The molecular weight excluding hydrogens is 416 g/mol. The Bertz CT molecular complexity index is 1110. The van der Waals surface area contributed by atoms with Crippen molar-refractivity contribution >= 4 is 33.4 Å². The van der Waals surface area contributed by atoms with Gasteiger partial charge in [-0.15, -0.1) is 11.8 Å². The van der Waals surface area contributed by atoms with Gasteiger partial charge in [-0.3, -0.25) is 9.52 Å². The summed E-state index contributed by atoms with van der Waals surface area (Å²) in [6.45, 7) is 4.13. The van der Waals surface area contributed by atoms with Crippen LogP contribution in [0, 0.1) is 13.8 Å². The van der Waals surface area contributed by atoms with Crippen molar-refractivity contribution in [2.45, 2.75) is 23.6 Å². The summed E-state index contributed by atoms with van der Waals surface area (Å²) in [5, 5.41) is 2.85. The second kappa shape index (κ2) is 9.82. The van der Waals surface area contributed by atoms with E-state index >= 15 is 0 Å². The lowest BCUT2D eigenvalue weighted by atomic mass is 10.1. The Labute approximate surface area is 182 Å². The minimum atomic E-state index is -3.81. The molecule has 156 valence electrons. The first-order valence-electron chi connectivity index (χ1n) is 9.51. The number of nitrogens with one attached hydrogen (secondary N) is 2. The normalized spacial score (nSPS) is 11.1. The number of carbonyl (C=O) groups excluding carboxylic acids is 1.